The highest BCUT2D eigenvalue weighted by molar-refractivity contribution is 7.98. The van der Waals surface area contributed by atoms with Crippen molar-refractivity contribution in [3.05, 3.63) is 51.4 Å². The Morgan fingerprint density at radius 3 is 2.81 bits per heavy atom. The number of nitrogens with zero attached hydrogens (tertiary/aromatic N) is 1. The lowest BCUT2D eigenvalue weighted by atomic mass is 10.1. The SMILES string of the molecule is COc1ccc(C(C)Nc2nc3c(c(=O)[nH]2)CSC3)cc1. The number of methoxy groups -OCH3 is 1. The van der Waals surface area contributed by atoms with Crippen LogP contribution in [0.4, 0.5) is 5.95 Å². The Morgan fingerprint density at radius 1 is 1.33 bits per heavy atom. The summed E-state index contributed by atoms with van der Waals surface area (Å²) in [6, 6.07) is 7.88. The lowest BCUT2D eigenvalue weighted by Crippen LogP contribution is -2.19. The van der Waals surface area contributed by atoms with Crippen LogP contribution < -0.4 is 15.6 Å². The van der Waals surface area contributed by atoms with Crippen LogP contribution in [0.25, 0.3) is 0 Å². The van der Waals surface area contributed by atoms with Gasteiger partial charge in [-0.1, -0.05) is 12.1 Å². The lowest BCUT2D eigenvalue weighted by molar-refractivity contribution is 0.414. The zero-order valence-electron chi connectivity index (χ0n) is 12.0. The van der Waals surface area contributed by atoms with Gasteiger partial charge < -0.3 is 10.1 Å². The summed E-state index contributed by atoms with van der Waals surface area (Å²) in [5.74, 6) is 2.92. The molecule has 21 heavy (non-hydrogen) atoms. The average Bonchev–Trinajstić information content (AvgIpc) is 2.96. The van der Waals surface area contributed by atoms with Gasteiger partial charge in [-0.05, 0) is 24.6 Å². The van der Waals surface area contributed by atoms with E-state index in [0.717, 1.165) is 34.1 Å². The number of hydrogen-bond donors (Lipinski definition) is 2. The Bertz CT molecular complexity index is 697. The Labute approximate surface area is 127 Å². The average molecular weight is 303 g/mol. The van der Waals surface area contributed by atoms with Crippen molar-refractivity contribution in [2.75, 3.05) is 12.4 Å². The Morgan fingerprint density at radius 2 is 2.10 bits per heavy atom. The summed E-state index contributed by atoms with van der Waals surface area (Å²) >= 11 is 1.72. The first-order valence-corrected chi connectivity index (χ1v) is 7.93. The number of aromatic nitrogens is 2. The molecule has 1 unspecified atom stereocenters. The van der Waals surface area contributed by atoms with Crippen LogP contribution in [0, 0.1) is 0 Å². The van der Waals surface area contributed by atoms with E-state index in [1.54, 1.807) is 18.9 Å². The Hall–Kier alpha value is -1.95. The molecule has 1 atom stereocenters. The number of thioether (sulfide) groups is 1. The van der Waals surface area contributed by atoms with Gasteiger partial charge in [0.05, 0.1) is 18.8 Å². The van der Waals surface area contributed by atoms with Crippen LogP contribution in [0.3, 0.4) is 0 Å². The van der Waals surface area contributed by atoms with Gasteiger partial charge in [-0.2, -0.15) is 11.8 Å². The van der Waals surface area contributed by atoms with Gasteiger partial charge in [-0.3, -0.25) is 9.78 Å². The number of H-pyrrole nitrogens is 1. The molecule has 0 aliphatic carbocycles. The smallest absolute Gasteiger partial charge is 0.256 e. The van der Waals surface area contributed by atoms with Crippen molar-refractivity contribution in [1.29, 1.82) is 0 Å². The topological polar surface area (TPSA) is 67.0 Å². The largest absolute Gasteiger partial charge is 0.497 e. The molecule has 0 saturated heterocycles. The van der Waals surface area contributed by atoms with Gasteiger partial charge in [0.2, 0.25) is 5.95 Å². The number of rotatable bonds is 4. The fourth-order valence-corrected chi connectivity index (χ4v) is 3.35. The second kappa shape index (κ2) is 5.81. The van der Waals surface area contributed by atoms with Crippen molar-refractivity contribution in [1.82, 2.24) is 9.97 Å². The minimum absolute atomic E-state index is 0.0329. The fraction of sp³-hybridized carbons (Fsp3) is 0.333. The van der Waals surface area contributed by atoms with Crippen molar-refractivity contribution in [2.24, 2.45) is 0 Å². The maximum absolute atomic E-state index is 12.0. The van der Waals surface area contributed by atoms with Gasteiger partial charge in [0.1, 0.15) is 5.75 Å². The first-order valence-electron chi connectivity index (χ1n) is 6.77. The van der Waals surface area contributed by atoms with Gasteiger partial charge in [0.15, 0.2) is 0 Å². The van der Waals surface area contributed by atoms with Crippen LogP contribution in [-0.4, -0.2) is 17.1 Å². The molecule has 2 heterocycles. The molecule has 0 saturated carbocycles. The summed E-state index contributed by atoms with van der Waals surface area (Å²) in [6.45, 7) is 2.03. The summed E-state index contributed by atoms with van der Waals surface area (Å²) in [5.41, 5.74) is 2.78. The third-order valence-electron chi connectivity index (χ3n) is 3.56. The molecule has 1 aromatic carbocycles. The molecular weight excluding hydrogens is 286 g/mol. The van der Waals surface area contributed by atoms with E-state index in [-0.39, 0.29) is 11.6 Å². The zero-order valence-corrected chi connectivity index (χ0v) is 12.8. The van der Waals surface area contributed by atoms with Gasteiger partial charge in [-0.15, -0.1) is 0 Å². The minimum Gasteiger partial charge on any atom is -0.497 e. The van der Waals surface area contributed by atoms with Crippen molar-refractivity contribution in [3.63, 3.8) is 0 Å². The molecule has 2 N–H and O–H groups in total. The van der Waals surface area contributed by atoms with Crippen LogP contribution in [0.2, 0.25) is 0 Å². The maximum atomic E-state index is 12.0. The van der Waals surface area contributed by atoms with Crippen molar-refractivity contribution < 1.29 is 4.74 Å². The number of nitrogens with one attached hydrogen (secondary N) is 2. The molecule has 5 nitrogen and oxygen atoms in total. The van der Waals surface area contributed by atoms with Gasteiger partial charge in [0, 0.05) is 17.1 Å². The molecule has 1 aliphatic rings. The monoisotopic (exact) mass is 303 g/mol. The minimum atomic E-state index is -0.0329. The van der Waals surface area contributed by atoms with E-state index in [1.165, 1.54) is 0 Å². The van der Waals surface area contributed by atoms with Crippen molar-refractivity contribution >= 4 is 17.7 Å². The molecule has 0 amide bonds. The van der Waals surface area contributed by atoms with E-state index in [4.69, 9.17) is 4.74 Å². The second-order valence-corrected chi connectivity index (χ2v) is 5.96. The highest BCUT2D eigenvalue weighted by atomic mass is 32.2. The second-order valence-electron chi connectivity index (χ2n) is 4.97. The first-order chi connectivity index (χ1) is 10.2. The first kappa shape index (κ1) is 14.0. The number of benzene rings is 1. The highest BCUT2D eigenvalue weighted by Gasteiger charge is 2.18. The van der Waals surface area contributed by atoms with E-state index < -0.39 is 0 Å². The van der Waals surface area contributed by atoms with Gasteiger partial charge in [-0.25, -0.2) is 4.98 Å². The number of ether oxygens (including phenoxy) is 1. The Balaban J connectivity index is 1.79. The van der Waals surface area contributed by atoms with Crippen LogP contribution in [0.5, 0.6) is 5.75 Å². The molecule has 1 aliphatic heterocycles. The molecule has 0 spiro atoms. The summed E-state index contributed by atoms with van der Waals surface area (Å²) in [5, 5.41) is 3.25. The maximum Gasteiger partial charge on any atom is 0.256 e. The quantitative estimate of drug-likeness (QED) is 0.909. The van der Waals surface area contributed by atoms with E-state index in [0.29, 0.717) is 5.95 Å². The van der Waals surface area contributed by atoms with Crippen LogP contribution in [0.1, 0.15) is 29.8 Å². The normalized spacial score (nSPS) is 14.6. The zero-order chi connectivity index (χ0) is 14.8. The van der Waals surface area contributed by atoms with E-state index in [9.17, 15) is 4.79 Å². The molecular formula is C15H17N3O2S. The van der Waals surface area contributed by atoms with E-state index in [1.807, 2.05) is 31.2 Å². The fourth-order valence-electron chi connectivity index (χ4n) is 2.31. The summed E-state index contributed by atoms with van der Waals surface area (Å²) < 4.78 is 5.15. The van der Waals surface area contributed by atoms with Gasteiger partial charge in [0.25, 0.3) is 5.56 Å². The predicted octanol–water partition coefficient (Wildman–Crippen LogP) is 2.70. The molecule has 6 heteroatoms. The summed E-state index contributed by atoms with van der Waals surface area (Å²) in [4.78, 5) is 19.3. The molecule has 0 radical (unpaired) electrons. The molecule has 3 rings (SSSR count). The molecule has 2 aromatic rings. The van der Waals surface area contributed by atoms with Crippen molar-refractivity contribution in [2.45, 2.75) is 24.5 Å². The number of fused-ring (bicyclic) bond motifs is 1. The standard InChI is InChI=1S/C15H17N3O2S/c1-9(10-3-5-11(20-2)6-4-10)16-15-17-13-8-21-7-12(13)14(19)18-15/h3-6,9H,7-8H2,1-2H3,(H2,16,17,18,19). The third-order valence-corrected chi connectivity index (χ3v) is 4.53. The van der Waals surface area contributed by atoms with Crippen LogP contribution in [-0.2, 0) is 11.5 Å². The number of hydrogen-bond acceptors (Lipinski definition) is 5. The highest BCUT2D eigenvalue weighted by Crippen LogP contribution is 2.26. The summed E-state index contributed by atoms with van der Waals surface area (Å²) in [7, 11) is 1.65. The van der Waals surface area contributed by atoms with Crippen molar-refractivity contribution in [3.8, 4) is 5.75 Å². The summed E-state index contributed by atoms with van der Waals surface area (Å²) in [6.07, 6.45) is 0. The lowest BCUT2D eigenvalue weighted by Gasteiger charge is -2.15. The van der Waals surface area contributed by atoms with E-state index >= 15 is 0 Å². The number of anilines is 1. The Kier molecular flexibility index (Phi) is 3.88. The van der Waals surface area contributed by atoms with Crippen LogP contribution in [0.15, 0.2) is 29.1 Å². The van der Waals surface area contributed by atoms with E-state index in [2.05, 4.69) is 15.3 Å². The molecule has 110 valence electrons. The number of aromatic amines is 1. The van der Waals surface area contributed by atoms with Crippen LogP contribution >= 0.6 is 11.8 Å². The predicted molar refractivity (Wildman–Crippen MR) is 84.9 cm³/mol. The molecule has 1 aromatic heterocycles. The third kappa shape index (κ3) is 2.90. The molecule has 0 bridgehead atoms. The molecule has 0 fully saturated rings. The van der Waals surface area contributed by atoms with Gasteiger partial charge >= 0.3 is 0 Å².